The molecule has 3 aromatic rings. The molecule has 1 fully saturated rings. The molecule has 1 aromatic heterocycles. The van der Waals surface area contributed by atoms with E-state index in [4.69, 9.17) is 16.6 Å². The zero-order chi connectivity index (χ0) is 21.4. The van der Waals surface area contributed by atoms with Crippen molar-refractivity contribution in [3.05, 3.63) is 64.7 Å². The summed E-state index contributed by atoms with van der Waals surface area (Å²) in [5.74, 6) is -0.131. The maximum Gasteiger partial charge on any atom is 0.407 e. The fourth-order valence-corrected chi connectivity index (χ4v) is 4.19. The number of aromatic nitrogens is 1. The van der Waals surface area contributed by atoms with E-state index in [-0.39, 0.29) is 11.9 Å². The number of fused-ring (bicyclic) bond motifs is 1. The van der Waals surface area contributed by atoms with Crippen LogP contribution in [0.4, 0.5) is 4.79 Å². The Bertz CT molecular complexity index is 1130. The first-order valence-electron chi connectivity index (χ1n) is 9.81. The Kier molecular flexibility index (Phi) is 5.35. The van der Waals surface area contributed by atoms with Crippen molar-refractivity contribution in [1.29, 1.82) is 0 Å². The molecule has 1 aliphatic heterocycles. The van der Waals surface area contributed by atoms with Crippen LogP contribution in [-0.4, -0.2) is 57.6 Å². The summed E-state index contributed by atoms with van der Waals surface area (Å²) in [6, 6.07) is 14.9. The van der Waals surface area contributed by atoms with Gasteiger partial charge in [0.15, 0.2) is 0 Å². The molecule has 0 radical (unpaired) electrons. The highest BCUT2D eigenvalue weighted by atomic mass is 35.5. The van der Waals surface area contributed by atoms with Crippen molar-refractivity contribution in [2.45, 2.75) is 19.9 Å². The highest BCUT2D eigenvalue weighted by molar-refractivity contribution is 6.36. The molecule has 7 heteroatoms. The van der Waals surface area contributed by atoms with Crippen LogP contribution in [0, 0.1) is 6.92 Å². The van der Waals surface area contributed by atoms with Crippen LogP contribution in [0.1, 0.15) is 22.8 Å². The molecule has 1 saturated heterocycles. The van der Waals surface area contributed by atoms with Gasteiger partial charge < -0.3 is 14.9 Å². The highest BCUT2D eigenvalue weighted by Crippen LogP contribution is 2.33. The van der Waals surface area contributed by atoms with E-state index in [0.29, 0.717) is 35.7 Å². The van der Waals surface area contributed by atoms with E-state index in [9.17, 15) is 14.7 Å². The van der Waals surface area contributed by atoms with E-state index in [2.05, 4.69) is 0 Å². The molecule has 0 bridgehead atoms. The lowest BCUT2D eigenvalue weighted by Crippen LogP contribution is -2.55. The van der Waals surface area contributed by atoms with Gasteiger partial charge in [0.25, 0.3) is 5.91 Å². The number of piperazine rings is 1. The number of rotatable bonds is 2. The van der Waals surface area contributed by atoms with Crippen molar-refractivity contribution < 1.29 is 14.7 Å². The molecule has 4 rings (SSSR count). The van der Waals surface area contributed by atoms with Crippen LogP contribution in [0.2, 0.25) is 5.02 Å². The third-order valence-electron chi connectivity index (χ3n) is 5.61. The zero-order valence-corrected chi connectivity index (χ0v) is 17.6. The Morgan fingerprint density at radius 3 is 2.53 bits per heavy atom. The van der Waals surface area contributed by atoms with Crippen molar-refractivity contribution in [3.8, 4) is 11.3 Å². The van der Waals surface area contributed by atoms with Crippen molar-refractivity contribution >= 4 is 34.5 Å². The minimum atomic E-state index is -0.956. The minimum absolute atomic E-state index is 0.131. The van der Waals surface area contributed by atoms with Gasteiger partial charge >= 0.3 is 6.09 Å². The van der Waals surface area contributed by atoms with Gasteiger partial charge in [-0.1, -0.05) is 48.0 Å². The average Bonchev–Trinajstić information content (AvgIpc) is 2.75. The SMILES string of the molecule is Cc1c(-c2ccccc2)nc2cc(C(=O)N3CCN(C(=O)O)[C@@H](C)C3)ccc2c1Cl. The monoisotopic (exact) mass is 423 g/mol. The predicted octanol–water partition coefficient (Wildman–Crippen LogP) is 4.69. The third kappa shape index (κ3) is 3.59. The number of pyridine rings is 1. The summed E-state index contributed by atoms with van der Waals surface area (Å²) >= 11 is 6.63. The van der Waals surface area contributed by atoms with Crippen LogP contribution in [-0.2, 0) is 0 Å². The summed E-state index contributed by atoms with van der Waals surface area (Å²) in [5, 5.41) is 10.7. The fraction of sp³-hybridized carbons (Fsp3) is 0.261. The molecule has 1 aliphatic rings. The second-order valence-corrected chi connectivity index (χ2v) is 7.95. The van der Waals surface area contributed by atoms with E-state index < -0.39 is 6.09 Å². The van der Waals surface area contributed by atoms with Crippen LogP contribution < -0.4 is 0 Å². The van der Waals surface area contributed by atoms with Gasteiger partial charge in [0.05, 0.1) is 16.2 Å². The van der Waals surface area contributed by atoms with Crippen molar-refractivity contribution in [1.82, 2.24) is 14.8 Å². The summed E-state index contributed by atoms with van der Waals surface area (Å²) in [6.45, 7) is 4.78. The van der Waals surface area contributed by atoms with Gasteiger partial charge in [-0.2, -0.15) is 0 Å². The summed E-state index contributed by atoms with van der Waals surface area (Å²) in [4.78, 5) is 32.2. The molecule has 2 amide bonds. The number of amides is 2. The molecule has 6 nitrogen and oxygen atoms in total. The number of hydrogen-bond acceptors (Lipinski definition) is 3. The van der Waals surface area contributed by atoms with Gasteiger partial charge in [0, 0.05) is 42.2 Å². The Morgan fingerprint density at radius 1 is 1.13 bits per heavy atom. The van der Waals surface area contributed by atoms with Crippen molar-refractivity contribution in [2.24, 2.45) is 0 Å². The van der Waals surface area contributed by atoms with E-state index in [1.807, 2.05) is 50.2 Å². The summed E-state index contributed by atoms with van der Waals surface area (Å²) < 4.78 is 0. The first kappa shape index (κ1) is 20.2. The lowest BCUT2D eigenvalue weighted by atomic mass is 10.0. The quantitative estimate of drug-likeness (QED) is 0.649. The van der Waals surface area contributed by atoms with E-state index in [1.54, 1.807) is 17.0 Å². The van der Waals surface area contributed by atoms with Crippen molar-refractivity contribution in [2.75, 3.05) is 19.6 Å². The van der Waals surface area contributed by atoms with E-state index >= 15 is 0 Å². The van der Waals surface area contributed by atoms with Crippen LogP contribution in [0.15, 0.2) is 48.5 Å². The molecule has 2 aromatic carbocycles. The molecule has 0 spiro atoms. The fourth-order valence-electron chi connectivity index (χ4n) is 3.94. The minimum Gasteiger partial charge on any atom is -0.465 e. The highest BCUT2D eigenvalue weighted by Gasteiger charge is 2.30. The number of benzene rings is 2. The molecule has 0 aliphatic carbocycles. The maximum atomic E-state index is 13.1. The van der Waals surface area contributed by atoms with Crippen LogP contribution in [0.25, 0.3) is 22.2 Å². The topological polar surface area (TPSA) is 73.7 Å². The molecule has 0 unspecified atom stereocenters. The lowest BCUT2D eigenvalue weighted by Gasteiger charge is -2.38. The summed E-state index contributed by atoms with van der Waals surface area (Å²) in [6.07, 6.45) is -0.956. The Morgan fingerprint density at radius 2 is 1.87 bits per heavy atom. The summed E-state index contributed by atoms with van der Waals surface area (Å²) in [7, 11) is 0. The van der Waals surface area contributed by atoms with Gasteiger partial charge in [0.2, 0.25) is 0 Å². The Balaban J connectivity index is 1.69. The average molecular weight is 424 g/mol. The van der Waals surface area contributed by atoms with Crippen LogP contribution in [0.5, 0.6) is 0 Å². The van der Waals surface area contributed by atoms with Gasteiger partial charge in [-0.05, 0) is 31.5 Å². The van der Waals surface area contributed by atoms with Crippen molar-refractivity contribution in [3.63, 3.8) is 0 Å². The number of carboxylic acid groups (broad SMARTS) is 1. The van der Waals surface area contributed by atoms with Gasteiger partial charge in [-0.15, -0.1) is 0 Å². The van der Waals surface area contributed by atoms with Crippen LogP contribution >= 0.6 is 11.6 Å². The molecule has 2 heterocycles. The molecule has 154 valence electrons. The van der Waals surface area contributed by atoms with Gasteiger partial charge in [0.1, 0.15) is 0 Å². The van der Waals surface area contributed by atoms with E-state index in [0.717, 1.165) is 22.2 Å². The number of carbonyl (C=O) groups excluding carboxylic acids is 1. The predicted molar refractivity (Wildman–Crippen MR) is 117 cm³/mol. The zero-order valence-electron chi connectivity index (χ0n) is 16.8. The van der Waals surface area contributed by atoms with Gasteiger partial charge in [-0.3, -0.25) is 4.79 Å². The molecule has 0 saturated carbocycles. The largest absolute Gasteiger partial charge is 0.465 e. The maximum absolute atomic E-state index is 13.1. The molecule has 30 heavy (non-hydrogen) atoms. The second-order valence-electron chi connectivity index (χ2n) is 7.57. The standard InChI is InChI=1S/C23H22ClN3O3/c1-14-13-26(10-11-27(14)23(29)30)22(28)17-8-9-18-19(12-17)25-21(15(2)20(18)24)16-6-4-3-5-7-16/h3-9,12,14H,10-11,13H2,1-2H3,(H,29,30)/t14-/m0/s1. The number of halogens is 1. The number of nitrogens with zero attached hydrogens (tertiary/aromatic N) is 3. The first-order chi connectivity index (χ1) is 14.4. The third-order valence-corrected chi connectivity index (χ3v) is 6.09. The molecular formula is C23H22ClN3O3. The molecule has 1 atom stereocenters. The lowest BCUT2D eigenvalue weighted by molar-refractivity contribution is 0.0507. The van der Waals surface area contributed by atoms with Crippen LogP contribution in [0.3, 0.4) is 0 Å². The smallest absolute Gasteiger partial charge is 0.407 e. The number of hydrogen-bond donors (Lipinski definition) is 1. The van der Waals surface area contributed by atoms with E-state index in [1.165, 1.54) is 4.90 Å². The van der Waals surface area contributed by atoms with Gasteiger partial charge in [-0.25, -0.2) is 9.78 Å². The normalized spacial score (nSPS) is 16.7. The Labute approximate surface area is 179 Å². The molecule has 1 N–H and O–H groups in total. The second kappa shape index (κ2) is 7.95. The summed E-state index contributed by atoms with van der Waals surface area (Å²) in [5.41, 5.74) is 3.83. The number of carbonyl (C=O) groups is 2. The Hall–Kier alpha value is -3.12. The molecular weight excluding hydrogens is 402 g/mol. The first-order valence-corrected chi connectivity index (χ1v) is 10.2.